The molecule has 26 heavy (non-hydrogen) atoms. The molecule has 0 atom stereocenters. The van der Waals surface area contributed by atoms with Crippen molar-refractivity contribution in [2.75, 3.05) is 13.7 Å². The standard InChI is InChI=1S/C22H20N2O2/c1-26-20-8-6-17(7-9-20)16-2-4-18(5-3-16)21-14-19-10-11-24(12-13-25)15-22(19)23-21/h2-11,14-15,25H,12-13H2,1H3. The lowest BCUT2D eigenvalue weighted by atomic mass is 10.0. The number of methoxy groups -OCH3 is 1. The van der Waals surface area contributed by atoms with Gasteiger partial charge in [-0.1, -0.05) is 36.4 Å². The third-order valence-corrected chi connectivity index (χ3v) is 4.52. The van der Waals surface area contributed by atoms with Crippen molar-refractivity contribution in [3.63, 3.8) is 0 Å². The van der Waals surface area contributed by atoms with E-state index >= 15 is 0 Å². The number of aliphatic hydroxyl groups is 1. The van der Waals surface area contributed by atoms with Crippen molar-refractivity contribution in [2.45, 2.75) is 6.54 Å². The zero-order chi connectivity index (χ0) is 17.9. The van der Waals surface area contributed by atoms with Gasteiger partial charge in [-0.2, -0.15) is 0 Å². The molecule has 130 valence electrons. The summed E-state index contributed by atoms with van der Waals surface area (Å²) < 4.78 is 7.16. The second kappa shape index (κ2) is 7.02. The first kappa shape index (κ1) is 16.4. The van der Waals surface area contributed by atoms with E-state index in [1.807, 2.05) is 35.2 Å². The second-order valence-electron chi connectivity index (χ2n) is 6.19. The minimum Gasteiger partial charge on any atom is -0.497 e. The molecular formula is C22H20N2O2. The molecular weight excluding hydrogens is 324 g/mol. The Morgan fingerprint density at radius 2 is 1.50 bits per heavy atom. The zero-order valence-electron chi connectivity index (χ0n) is 14.6. The van der Waals surface area contributed by atoms with Crippen molar-refractivity contribution in [3.05, 3.63) is 73.1 Å². The van der Waals surface area contributed by atoms with E-state index in [0.717, 1.165) is 39.4 Å². The number of hydrogen-bond donors (Lipinski definition) is 1. The maximum Gasteiger partial charge on any atom is 0.118 e. The number of aliphatic hydroxyl groups excluding tert-OH is 1. The molecule has 0 unspecified atom stereocenters. The van der Waals surface area contributed by atoms with Gasteiger partial charge in [-0.15, -0.1) is 0 Å². The lowest BCUT2D eigenvalue weighted by molar-refractivity contribution is 0.276. The van der Waals surface area contributed by atoms with E-state index < -0.39 is 0 Å². The van der Waals surface area contributed by atoms with E-state index in [9.17, 15) is 0 Å². The number of ether oxygens (including phenoxy) is 1. The van der Waals surface area contributed by atoms with Crippen molar-refractivity contribution < 1.29 is 9.84 Å². The molecule has 0 fully saturated rings. The fourth-order valence-electron chi connectivity index (χ4n) is 3.08. The minimum atomic E-state index is 0.122. The Balaban J connectivity index is 1.62. The first-order chi connectivity index (χ1) is 12.8. The van der Waals surface area contributed by atoms with Crippen molar-refractivity contribution in [1.29, 1.82) is 0 Å². The Labute approximate surface area is 152 Å². The largest absolute Gasteiger partial charge is 0.497 e. The smallest absolute Gasteiger partial charge is 0.118 e. The molecule has 0 radical (unpaired) electrons. The molecule has 2 aliphatic rings. The molecule has 0 aromatic heterocycles. The Bertz CT molecular complexity index is 972. The number of nitrogens with zero attached hydrogens (tertiary/aromatic N) is 2. The minimum absolute atomic E-state index is 0.122. The molecule has 4 heteroatoms. The summed E-state index contributed by atoms with van der Waals surface area (Å²) in [6, 6.07) is 20.6. The van der Waals surface area contributed by atoms with Gasteiger partial charge >= 0.3 is 0 Å². The van der Waals surface area contributed by atoms with E-state index in [2.05, 4.69) is 42.5 Å². The predicted octanol–water partition coefficient (Wildman–Crippen LogP) is 4.32. The van der Waals surface area contributed by atoms with Gasteiger partial charge in [-0.3, -0.25) is 0 Å². The molecule has 0 spiro atoms. The van der Waals surface area contributed by atoms with Crippen LogP contribution in [0.1, 0.15) is 0 Å². The normalized spacial score (nSPS) is 11.0. The SMILES string of the molecule is COc1ccc(-c2ccc(-c3cc4ccn(CCO)cc-4n3)cc2)cc1. The van der Waals surface area contributed by atoms with Crippen LogP contribution in [0.25, 0.3) is 33.6 Å². The highest BCUT2D eigenvalue weighted by molar-refractivity contribution is 5.75. The average molecular weight is 344 g/mol. The molecule has 4 nitrogen and oxygen atoms in total. The van der Waals surface area contributed by atoms with E-state index in [4.69, 9.17) is 14.8 Å². The Morgan fingerprint density at radius 3 is 2.15 bits per heavy atom. The first-order valence-electron chi connectivity index (χ1n) is 8.59. The van der Waals surface area contributed by atoms with E-state index in [0.29, 0.717) is 6.54 Å². The van der Waals surface area contributed by atoms with Gasteiger partial charge < -0.3 is 14.4 Å². The molecule has 0 aliphatic carbocycles. The van der Waals surface area contributed by atoms with Crippen molar-refractivity contribution in [2.24, 2.45) is 0 Å². The predicted molar refractivity (Wildman–Crippen MR) is 103 cm³/mol. The lowest BCUT2D eigenvalue weighted by Crippen LogP contribution is -2.02. The Morgan fingerprint density at radius 1 is 0.846 bits per heavy atom. The summed E-state index contributed by atoms with van der Waals surface area (Å²) in [7, 11) is 1.67. The molecule has 2 aliphatic heterocycles. The van der Waals surface area contributed by atoms with Gasteiger partial charge in [0.2, 0.25) is 0 Å². The summed E-state index contributed by atoms with van der Waals surface area (Å²) in [4.78, 5) is 4.73. The van der Waals surface area contributed by atoms with Crippen LogP contribution < -0.4 is 4.74 Å². The van der Waals surface area contributed by atoms with Crippen LogP contribution in [0.15, 0.2) is 73.1 Å². The van der Waals surface area contributed by atoms with Gasteiger partial charge in [0.25, 0.3) is 0 Å². The highest BCUT2D eigenvalue weighted by atomic mass is 16.5. The van der Waals surface area contributed by atoms with Crippen LogP contribution in [0.5, 0.6) is 5.75 Å². The lowest BCUT2D eigenvalue weighted by Gasteiger charge is -2.05. The van der Waals surface area contributed by atoms with Gasteiger partial charge in [0.05, 0.1) is 25.1 Å². The molecule has 4 rings (SSSR count). The number of hydrogen-bond acceptors (Lipinski definition) is 3. The summed E-state index contributed by atoms with van der Waals surface area (Å²) >= 11 is 0. The Hall–Kier alpha value is -3.11. The fraction of sp³-hybridized carbons (Fsp3) is 0.136. The van der Waals surface area contributed by atoms with Crippen LogP contribution in [0.3, 0.4) is 0 Å². The summed E-state index contributed by atoms with van der Waals surface area (Å²) in [5.74, 6) is 0.858. The molecule has 2 heterocycles. The van der Waals surface area contributed by atoms with Gasteiger partial charge in [-0.05, 0) is 35.4 Å². The summed E-state index contributed by atoms with van der Waals surface area (Å²) in [5.41, 5.74) is 6.41. The average Bonchev–Trinajstić information content (AvgIpc) is 3.12. The molecule has 0 amide bonds. The molecule has 0 bridgehead atoms. The van der Waals surface area contributed by atoms with Crippen LogP contribution in [-0.4, -0.2) is 28.4 Å². The third-order valence-electron chi connectivity index (χ3n) is 4.52. The van der Waals surface area contributed by atoms with Crippen molar-refractivity contribution in [3.8, 4) is 39.4 Å². The first-order valence-corrected chi connectivity index (χ1v) is 8.59. The Kier molecular flexibility index (Phi) is 4.42. The molecule has 1 N–H and O–H groups in total. The van der Waals surface area contributed by atoms with Crippen LogP contribution in [0, 0.1) is 0 Å². The van der Waals surface area contributed by atoms with E-state index in [1.54, 1.807) is 7.11 Å². The van der Waals surface area contributed by atoms with Crippen LogP contribution in [-0.2, 0) is 6.54 Å². The van der Waals surface area contributed by atoms with Gasteiger partial charge in [0.1, 0.15) is 5.75 Å². The quantitative estimate of drug-likeness (QED) is 0.586. The molecule has 2 aromatic rings. The maximum absolute atomic E-state index is 9.08. The summed E-state index contributed by atoms with van der Waals surface area (Å²) in [5, 5.41) is 9.08. The van der Waals surface area contributed by atoms with Crippen LogP contribution in [0.2, 0.25) is 0 Å². The number of aromatic nitrogens is 2. The number of pyridine rings is 1. The second-order valence-corrected chi connectivity index (χ2v) is 6.19. The number of benzene rings is 2. The van der Waals surface area contributed by atoms with E-state index in [1.165, 1.54) is 0 Å². The fourth-order valence-corrected chi connectivity index (χ4v) is 3.08. The highest BCUT2D eigenvalue weighted by Gasteiger charge is 2.11. The van der Waals surface area contributed by atoms with Gasteiger partial charge in [0.15, 0.2) is 0 Å². The topological polar surface area (TPSA) is 47.3 Å². The zero-order valence-corrected chi connectivity index (χ0v) is 14.6. The third kappa shape index (κ3) is 3.19. The molecule has 0 saturated heterocycles. The van der Waals surface area contributed by atoms with Crippen molar-refractivity contribution >= 4 is 0 Å². The van der Waals surface area contributed by atoms with Gasteiger partial charge in [0, 0.05) is 30.1 Å². The van der Waals surface area contributed by atoms with Crippen molar-refractivity contribution in [1.82, 2.24) is 9.55 Å². The summed E-state index contributed by atoms with van der Waals surface area (Å²) in [6.45, 7) is 0.700. The number of fused-ring (bicyclic) bond motifs is 1. The summed E-state index contributed by atoms with van der Waals surface area (Å²) in [6.07, 6.45) is 3.94. The molecule has 2 aromatic carbocycles. The number of rotatable bonds is 5. The van der Waals surface area contributed by atoms with Crippen LogP contribution in [0.4, 0.5) is 0 Å². The highest BCUT2D eigenvalue weighted by Crippen LogP contribution is 2.30. The van der Waals surface area contributed by atoms with E-state index in [-0.39, 0.29) is 6.61 Å². The van der Waals surface area contributed by atoms with Gasteiger partial charge in [-0.25, -0.2) is 4.98 Å². The monoisotopic (exact) mass is 344 g/mol. The van der Waals surface area contributed by atoms with Crippen LogP contribution >= 0.6 is 0 Å². The maximum atomic E-state index is 9.08. The molecule has 0 saturated carbocycles.